The van der Waals surface area contributed by atoms with Crippen molar-refractivity contribution in [1.29, 1.82) is 0 Å². The number of hydrogen-bond donors (Lipinski definition) is 1. The van der Waals surface area contributed by atoms with Gasteiger partial charge in [-0.15, -0.1) is 0 Å². The topological polar surface area (TPSA) is 102 Å². The molecule has 1 aliphatic heterocycles. The largest absolute Gasteiger partial charge is 0.477 e. The van der Waals surface area contributed by atoms with E-state index in [0.29, 0.717) is 11.4 Å². The Balaban J connectivity index is 2.00. The number of rotatable bonds is 3. The number of carbonyl (C=O) groups is 2. The molecule has 0 unspecified atom stereocenters. The highest BCUT2D eigenvalue weighted by molar-refractivity contribution is 6.34. The molecule has 3 rings (SSSR count). The fourth-order valence-corrected chi connectivity index (χ4v) is 2.92. The maximum atomic E-state index is 13.0. The second kappa shape index (κ2) is 7.01. The number of non-ortho nitro benzene ring substituents is 1. The number of likely N-dealkylation sites (N-methyl/N-ethyl adjacent to an activating group) is 1. The average molecular weight is 376 g/mol. The maximum absolute atomic E-state index is 13.0. The van der Waals surface area contributed by atoms with Crippen molar-refractivity contribution < 1.29 is 19.2 Å². The molecule has 0 saturated carbocycles. The third-order valence-electron chi connectivity index (χ3n) is 3.95. The number of nitro groups is 1. The van der Waals surface area contributed by atoms with Crippen LogP contribution in [0.2, 0.25) is 5.02 Å². The van der Waals surface area contributed by atoms with Gasteiger partial charge < -0.3 is 15.0 Å². The van der Waals surface area contributed by atoms with Crippen LogP contribution in [0.1, 0.15) is 10.4 Å². The van der Waals surface area contributed by atoms with E-state index in [-0.39, 0.29) is 28.7 Å². The summed E-state index contributed by atoms with van der Waals surface area (Å²) in [7, 11) is 1.48. The first-order valence-electron chi connectivity index (χ1n) is 7.65. The van der Waals surface area contributed by atoms with E-state index in [0.717, 1.165) is 6.07 Å². The van der Waals surface area contributed by atoms with Gasteiger partial charge in [0.05, 0.1) is 27.7 Å². The summed E-state index contributed by atoms with van der Waals surface area (Å²) in [5.74, 6) is -0.458. The minimum Gasteiger partial charge on any atom is -0.477 e. The highest BCUT2D eigenvalue weighted by Gasteiger charge is 2.34. The SMILES string of the molecule is CNC(=O)[C@@H]1CN(C(=O)c2ccc([N+](=O)[O-])cc2Cl)c2ccccc2O1. The minimum absolute atomic E-state index is 0.0111. The van der Waals surface area contributed by atoms with E-state index >= 15 is 0 Å². The predicted molar refractivity (Wildman–Crippen MR) is 94.7 cm³/mol. The molecule has 1 atom stereocenters. The summed E-state index contributed by atoms with van der Waals surface area (Å²) in [6, 6.07) is 10.4. The van der Waals surface area contributed by atoms with Gasteiger partial charge in [-0.05, 0) is 18.2 Å². The number of halogens is 1. The molecule has 1 aliphatic rings. The Morgan fingerprint density at radius 1 is 1.31 bits per heavy atom. The third-order valence-corrected chi connectivity index (χ3v) is 4.26. The lowest BCUT2D eigenvalue weighted by Gasteiger charge is -2.34. The summed E-state index contributed by atoms with van der Waals surface area (Å²) >= 11 is 6.08. The molecule has 2 aromatic rings. The van der Waals surface area contributed by atoms with Crippen molar-refractivity contribution in [1.82, 2.24) is 5.32 Å². The number of carbonyl (C=O) groups excluding carboxylic acids is 2. The van der Waals surface area contributed by atoms with E-state index in [4.69, 9.17) is 16.3 Å². The van der Waals surface area contributed by atoms with Crippen LogP contribution in [-0.4, -0.2) is 36.4 Å². The maximum Gasteiger partial charge on any atom is 0.270 e. The van der Waals surface area contributed by atoms with Gasteiger partial charge >= 0.3 is 0 Å². The summed E-state index contributed by atoms with van der Waals surface area (Å²) in [6.45, 7) is -0.0111. The van der Waals surface area contributed by atoms with Crippen molar-refractivity contribution in [2.45, 2.75) is 6.10 Å². The number of amides is 2. The lowest BCUT2D eigenvalue weighted by Crippen LogP contribution is -2.50. The van der Waals surface area contributed by atoms with E-state index in [2.05, 4.69) is 5.32 Å². The molecule has 0 fully saturated rings. The predicted octanol–water partition coefficient (Wildman–Crippen LogP) is 2.40. The fraction of sp³-hybridized carbons (Fsp3) is 0.176. The standard InChI is InChI=1S/C17H14ClN3O5/c1-19-16(22)15-9-20(13-4-2-3-5-14(13)26-15)17(23)11-7-6-10(21(24)25)8-12(11)18/h2-8,15H,9H2,1H3,(H,19,22)/t15-/m0/s1. The highest BCUT2D eigenvalue weighted by atomic mass is 35.5. The molecule has 0 aromatic heterocycles. The van der Waals surface area contributed by atoms with Gasteiger partial charge in [0, 0.05) is 19.2 Å². The second-order valence-corrected chi connectivity index (χ2v) is 5.93. The molecule has 2 amide bonds. The normalized spacial score (nSPS) is 15.6. The van der Waals surface area contributed by atoms with Crippen molar-refractivity contribution in [2.24, 2.45) is 0 Å². The van der Waals surface area contributed by atoms with Gasteiger partial charge in [-0.25, -0.2) is 0 Å². The zero-order valence-corrected chi connectivity index (χ0v) is 14.4. The monoisotopic (exact) mass is 375 g/mol. The van der Waals surface area contributed by atoms with Crippen molar-refractivity contribution in [3.63, 3.8) is 0 Å². The molecule has 0 spiro atoms. The Bertz CT molecular complexity index is 902. The van der Waals surface area contributed by atoms with Gasteiger partial charge in [-0.1, -0.05) is 23.7 Å². The zero-order valence-electron chi connectivity index (χ0n) is 13.6. The van der Waals surface area contributed by atoms with E-state index in [1.165, 1.54) is 24.1 Å². The third kappa shape index (κ3) is 3.18. The number of anilines is 1. The van der Waals surface area contributed by atoms with Crippen LogP contribution in [0.4, 0.5) is 11.4 Å². The number of nitrogens with one attached hydrogen (secondary N) is 1. The second-order valence-electron chi connectivity index (χ2n) is 5.53. The van der Waals surface area contributed by atoms with Crippen LogP contribution >= 0.6 is 11.6 Å². The van der Waals surface area contributed by atoms with E-state index in [1.54, 1.807) is 24.3 Å². The van der Waals surface area contributed by atoms with Crippen molar-refractivity contribution >= 4 is 34.8 Å². The van der Waals surface area contributed by atoms with Crippen LogP contribution in [0.3, 0.4) is 0 Å². The Morgan fingerprint density at radius 2 is 2.04 bits per heavy atom. The van der Waals surface area contributed by atoms with Gasteiger partial charge in [0.2, 0.25) is 0 Å². The molecular weight excluding hydrogens is 362 g/mol. The summed E-state index contributed by atoms with van der Waals surface area (Å²) in [5, 5.41) is 13.3. The summed E-state index contributed by atoms with van der Waals surface area (Å²) in [5.41, 5.74) is 0.383. The number of para-hydroxylation sites is 2. The Morgan fingerprint density at radius 3 is 2.69 bits per heavy atom. The summed E-state index contributed by atoms with van der Waals surface area (Å²) in [6.07, 6.45) is -0.879. The van der Waals surface area contributed by atoms with E-state index < -0.39 is 16.9 Å². The van der Waals surface area contributed by atoms with Crippen LogP contribution in [0.25, 0.3) is 0 Å². The van der Waals surface area contributed by atoms with Gasteiger partial charge in [0.25, 0.3) is 17.5 Å². The van der Waals surface area contributed by atoms with Crippen LogP contribution in [0, 0.1) is 10.1 Å². The molecule has 2 aromatic carbocycles. The van der Waals surface area contributed by atoms with Crippen LogP contribution < -0.4 is 15.0 Å². The number of nitro benzene ring substituents is 1. The van der Waals surface area contributed by atoms with Gasteiger partial charge in [-0.2, -0.15) is 0 Å². The smallest absolute Gasteiger partial charge is 0.270 e. The first-order valence-corrected chi connectivity index (χ1v) is 8.03. The highest BCUT2D eigenvalue weighted by Crippen LogP contribution is 2.35. The number of fused-ring (bicyclic) bond motifs is 1. The lowest BCUT2D eigenvalue weighted by atomic mass is 10.1. The lowest BCUT2D eigenvalue weighted by molar-refractivity contribution is -0.384. The average Bonchev–Trinajstić information content (AvgIpc) is 2.65. The van der Waals surface area contributed by atoms with Gasteiger partial charge in [-0.3, -0.25) is 19.7 Å². The zero-order chi connectivity index (χ0) is 18.8. The first kappa shape index (κ1) is 17.7. The summed E-state index contributed by atoms with van der Waals surface area (Å²) in [4.78, 5) is 36.6. The van der Waals surface area contributed by atoms with Crippen LogP contribution in [0.15, 0.2) is 42.5 Å². The molecule has 1 N–H and O–H groups in total. The van der Waals surface area contributed by atoms with Gasteiger partial charge in [0.15, 0.2) is 6.10 Å². The van der Waals surface area contributed by atoms with Crippen LogP contribution in [-0.2, 0) is 4.79 Å². The summed E-state index contributed by atoms with van der Waals surface area (Å²) < 4.78 is 5.65. The Kier molecular flexibility index (Phi) is 4.77. The first-order chi connectivity index (χ1) is 12.4. The van der Waals surface area contributed by atoms with Crippen LogP contribution in [0.5, 0.6) is 5.75 Å². The fourth-order valence-electron chi connectivity index (χ4n) is 2.66. The molecule has 0 bridgehead atoms. The van der Waals surface area contributed by atoms with Crippen molar-refractivity contribution in [3.05, 3.63) is 63.2 Å². The molecule has 1 heterocycles. The molecule has 134 valence electrons. The molecule has 26 heavy (non-hydrogen) atoms. The van der Waals surface area contributed by atoms with Crippen molar-refractivity contribution in [2.75, 3.05) is 18.5 Å². The Labute approximate surface area is 153 Å². The molecule has 0 radical (unpaired) electrons. The van der Waals surface area contributed by atoms with Crippen molar-refractivity contribution in [3.8, 4) is 5.75 Å². The van der Waals surface area contributed by atoms with E-state index in [1.807, 2.05) is 0 Å². The number of nitrogens with zero attached hydrogens (tertiary/aromatic N) is 2. The van der Waals surface area contributed by atoms with Gasteiger partial charge in [0.1, 0.15) is 5.75 Å². The minimum atomic E-state index is -0.879. The number of ether oxygens (including phenoxy) is 1. The molecule has 8 nitrogen and oxygen atoms in total. The Hall–Kier alpha value is -3.13. The quantitative estimate of drug-likeness (QED) is 0.655. The number of benzene rings is 2. The molecule has 0 saturated heterocycles. The molecule has 9 heteroatoms. The number of hydrogen-bond acceptors (Lipinski definition) is 5. The molecular formula is C17H14ClN3O5. The molecule has 0 aliphatic carbocycles. The van der Waals surface area contributed by atoms with E-state index in [9.17, 15) is 19.7 Å².